The van der Waals surface area contributed by atoms with Gasteiger partial charge in [0.2, 0.25) is 0 Å². The van der Waals surface area contributed by atoms with Crippen LogP contribution in [0.15, 0.2) is 92.2 Å². The Hall–Kier alpha value is -3.40. The minimum Gasteiger partial charge on any atom is -0.422 e. The van der Waals surface area contributed by atoms with Crippen molar-refractivity contribution in [3.05, 3.63) is 99.0 Å². The molecule has 0 unspecified atom stereocenters. The number of esters is 1. The van der Waals surface area contributed by atoms with Gasteiger partial charge in [-0.2, -0.15) is 0 Å². The van der Waals surface area contributed by atoms with Crippen molar-refractivity contribution in [3.63, 3.8) is 0 Å². The highest BCUT2D eigenvalue weighted by Crippen LogP contribution is 2.40. The van der Waals surface area contributed by atoms with E-state index in [9.17, 15) is 9.59 Å². The summed E-state index contributed by atoms with van der Waals surface area (Å²) < 4.78 is 10.9. The van der Waals surface area contributed by atoms with E-state index in [0.29, 0.717) is 11.0 Å². The fourth-order valence-electron chi connectivity index (χ4n) is 4.69. The average Bonchev–Trinajstić information content (AvgIpc) is 2.77. The van der Waals surface area contributed by atoms with Crippen molar-refractivity contribution in [1.82, 2.24) is 0 Å². The average molecular weight is 501 g/mol. The summed E-state index contributed by atoms with van der Waals surface area (Å²) in [4.78, 5) is 24.6. The smallest absolute Gasteiger partial charge is 0.339 e. The van der Waals surface area contributed by atoms with Crippen molar-refractivity contribution in [2.45, 2.75) is 80.1 Å². The molecule has 4 heteroatoms. The van der Waals surface area contributed by atoms with Crippen molar-refractivity contribution < 1.29 is 13.9 Å². The Bertz CT molecular complexity index is 1380. The SMILES string of the molecule is CC1=C(/C=C/C(C)=C/C=C/C(C)=C/C(=O)Oc2cc(=O)oc3ccc(C(C)(C)C)cc23)C(C)(C)CCC1. The number of fused-ring (bicyclic) bond motifs is 1. The standard InChI is InChI=1S/C33H40O4/c1-22(14-16-27-24(3)13-10-18-33(27,7)8)11-9-12-23(2)19-30(34)37-29-21-31(35)36-28-17-15-25(20-26(28)29)32(4,5)6/h9,11-12,14-17,19-21H,10,13,18H2,1-8H3/b12-9+,16-14+,22-11+,23-19+. The lowest BCUT2D eigenvalue weighted by molar-refractivity contribution is -0.128. The Labute approximate surface area is 221 Å². The summed E-state index contributed by atoms with van der Waals surface area (Å²) in [7, 11) is 0. The third kappa shape index (κ3) is 7.55. The molecule has 1 aliphatic carbocycles. The monoisotopic (exact) mass is 500 g/mol. The molecule has 0 atom stereocenters. The zero-order chi connectivity index (χ0) is 27.4. The van der Waals surface area contributed by atoms with Gasteiger partial charge < -0.3 is 9.15 Å². The molecule has 1 heterocycles. The Balaban J connectivity index is 1.73. The van der Waals surface area contributed by atoms with E-state index in [1.807, 2.05) is 37.3 Å². The number of carbonyl (C=O) groups is 1. The van der Waals surface area contributed by atoms with Gasteiger partial charge >= 0.3 is 11.6 Å². The molecule has 0 bridgehead atoms. The lowest BCUT2D eigenvalue weighted by Gasteiger charge is -2.32. The molecule has 2 aromatic rings. The molecular formula is C33H40O4. The maximum Gasteiger partial charge on any atom is 0.339 e. The van der Waals surface area contributed by atoms with Gasteiger partial charge in [-0.05, 0) is 79.7 Å². The molecule has 0 fully saturated rings. The highest BCUT2D eigenvalue weighted by Gasteiger charge is 2.26. The number of rotatable bonds is 6. The zero-order valence-corrected chi connectivity index (χ0v) is 23.5. The predicted octanol–water partition coefficient (Wildman–Crippen LogP) is 8.53. The van der Waals surface area contributed by atoms with Gasteiger partial charge in [0, 0.05) is 6.08 Å². The van der Waals surface area contributed by atoms with Crippen LogP contribution in [0.2, 0.25) is 0 Å². The fraction of sp³-hybridized carbons (Fsp3) is 0.394. The fourth-order valence-corrected chi connectivity index (χ4v) is 4.69. The molecule has 0 N–H and O–H groups in total. The maximum atomic E-state index is 12.6. The predicted molar refractivity (Wildman–Crippen MR) is 153 cm³/mol. The van der Waals surface area contributed by atoms with Crippen LogP contribution >= 0.6 is 0 Å². The first-order chi connectivity index (χ1) is 17.3. The second-order valence-electron chi connectivity index (χ2n) is 11.7. The molecule has 0 saturated heterocycles. The molecule has 0 radical (unpaired) electrons. The van der Waals surface area contributed by atoms with Crippen LogP contribution in [0.1, 0.15) is 80.2 Å². The summed E-state index contributed by atoms with van der Waals surface area (Å²) in [5.41, 5.74) is 5.78. The second kappa shape index (κ2) is 11.3. The Morgan fingerprint density at radius 2 is 1.81 bits per heavy atom. The summed E-state index contributed by atoms with van der Waals surface area (Å²) in [5.74, 6) is -0.343. The highest BCUT2D eigenvalue weighted by molar-refractivity contribution is 5.90. The van der Waals surface area contributed by atoms with Crippen molar-refractivity contribution in [1.29, 1.82) is 0 Å². The van der Waals surface area contributed by atoms with Gasteiger partial charge in [0.1, 0.15) is 11.3 Å². The van der Waals surface area contributed by atoms with Crippen molar-refractivity contribution in [2.24, 2.45) is 5.41 Å². The first kappa shape index (κ1) is 28.2. The van der Waals surface area contributed by atoms with E-state index in [-0.39, 0.29) is 16.6 Å². The van der Waals surface area contributed by atoms with E-state index in [2.05, 4.69) is 60.6 Å². The molecule has 0 aliphatic heterocycles. The van der Waals surface area contributed by atoms with Crippen molar-refractivity contribution in [3.8, 4) is 5.75 Å². The minimum absolute atomic E-state index is 0.101. The number of hydrogen-bond donors (Lipinski definition) is 0. The third-order valence-corrected chi connectivity index (χ3v) is 6.90. The zero-order valence-electron chi connectivity index (χ0n) is 23.5. The molecule has 0 spiro atoms. The van der Waals surface area contributed by atoms with Gasteiger partial charge in [0.05, 0.1) is 11.5 Å². The topological polar surface area (TPSA) is 56.5 Å². The van der Waals surface area contributed by atoms with E-state index in [0.717, 1.165) is 16.7 Å². The van der Waals surface area contributed by atoms with Crippen LogP contribution < -0.4 is 10.4 Å². The van der Waals surface area contributed by atoms with Crippen LogP contribution in [-0.4, -0.2) is 5.97 Å². The Morgan fingerprint density at radius 3 is 2.49 bits per heavy atom. The number of hydrogen-bond acceptors (Lipinski definition) is 4. The van der Waals surface area contributed by atoms with E-state index in [1.165, 1.54) is 42.6 Å². The quantitative estimate of drug-likeness (QED) is 0.173. The van der Waals surface area contributed by atoms with Crippen LogP contribution in [0.25, 0.3) is 11.0 Å². The number of carbonyl (C=O) groups excluding carboxylic acids is 1. The molecule has 1 aromatic heterocycles. The first-order valence-electron chi connectivity index (χ1n) is 13.0. The van der Waals surface area contributed by atoms with Crippen LogP contribution in [0, 0.1) is 5.41 Å². The number of benzene rings is 1. The molecule has 3 rings (SSSR count). The van der Waals surface area contributed by atoms with Gasteiger partial charge in [-0.1, -0.05) is 82.2 Å². The lowest BCUT2D eigenvalue weighted by Crippen LogP contribution is -2.19. The van der Waals surface area contributed by atoms with Crippen molar-refractivity contribution >= 4 is 16.9 Å². The normalized spacial score (nSPS) is 17.3. The Kier molecular flexibility index (Phi) is 8.63. The molecular weight excluding hydrogens is 460 g/mol. The summed E-state index contributed by atoms with van der Waals surface area (Å²) >= 11 is 0. The summed E-state index contributed by atoms with van der Waals surface area (Å²) in [6.07, 6.45) is 15.3. The molecule has 0 amide bonds. The second-order valence-corrected chi connectivity index (χ2v) is 11.7. The van der Waals surface area contributed by atoms with Gasteiger partial charge in [-0.15, -0.1) is 0 Å². The van der Waals surface area contributed by atoms with Crippen molar-refractivity contribution in [2.75, 3.05) is 0 Å². The molecule has 37 heavy (non-hydrogen) atoms. The van der Waals surface area contributed by atoms with E-state index in [1.54, 1.807) is 6.07 Å². The summed E-state index contributed by atoms with van der Waals surface area (Å²) in [6, 6.07) is 6.79. The molecule has 1 aliphatic rings. The lowest BCUT2D eigenvalue weighted by atomic mass is 9.72. The van der Waals surface area contributed by atoms with Crippen LogP contribution in [0.5, 0.6) is 5.75 Å². The van der Waals surface area contributed by atoms with Crippen LogP contribution in [-0.2, 0) is 10.2 Å². The largest absolute Gasteiger partial charge is 0.422 e. The van der Waals surface area contributed by atoms with Gasteiger partial charge in [0.25, 0.3) is 0 Å². The van der Waals surface area contributed by atoms with Crippen LogP contribution in [0.4, 0.5) is 0 Å². The highest BCUT2D eigenvalue weighted by atomic mass is 16.5. The molecule has 1 aromatic carbocycles. The number of allylic oxidation sites excluding steroid dienone is 9. The summed E-state index contributed by atoms with van der Waals surface area (Å²) in [6.45, 7) is 17.1. The third-order valence-electron chi connectivity index (χ3n) is 6.90. The van der Waals surface area contributed by atoms with Gasteiger partial charge in [-0.25, -0.2) is 9.59 Å². The first-order valence-corrected chi connectivity index (χ1v) is 13.0. The molecule has 4 nitrogen and oxygen atoms in total. The Morgan fingerprint density at radius 1 is 1.08 bits per heavy atom. The number of ether oxygens (including phenoxy) is 1. The molecule has 196 valence electrons. The van der Waals surface area contributed by atoms with E-state index < -0.39 is 11.6 Å². The summed E-state index contributed by atoms with van der Waals surface area (Å²) in [5, 5.41) is 0.596. The van der Waals surface area contributed by atoms with Crippen LogP contribution in [0.3, 0.4) is 0 Å². The maximum absolute atomic E-state index is 12.6. The van der Waals surface area contributed by atoms with Gasteiger partial charge in [0.15, 0.2) is 0 Å². The van der Waals surface area contributed by atoms with Gasteiger partial charge in [-0.3, -0.25) is 0 Å². The molecule has 0 saturated carbocycles. The van der Waals surface area contributed by atoms with E-state index >= 15 is 0 Å². The van der Waals surface area contributed by atoms with E-state index in [4.69, 9.17) is 9.15 Å². The minimum atomic E-state index is -0.560.